The summed E-state index contributed by atoms with van der Waals surface area (Å²) in [6.07, 6.45) is 2.99. The Kier molecular flexibility index (Phi) is 6.45. The number of aryl methyl sites for hydroxylation is 1. The molecule has 0 unspecified atom stereocenters. The fraction of sp³-hybridized carbons (Fsp3) is 0.304. The number of rotatable bonds is 8. The van der Waals surface area contributed by atoms with Crippen molar-refractivity contribution in [3.05, 3.63) is 54.0 Å². The molecule has 32 heavy (non-hydrogen) atoms. The minimum absolute atomic E-state index is 0.142. The Hall–Kier alpha value is -3.33. The molecule has 0 saturated heterocycles. The highest BCUT2D eigenvalue weighted by Gasteiger charge is 2.23. The molecule has 0 fully saturated rings. The lowest BCUT2D eigenvalue weighted by Crippen LogP contribution is -2.25. The normalized spacial score (nSPS) is 12.2. The SMILES string of the molecule is CCOC(=O)c1ccc(NC(=O)[C@@H](CC)Sc2nnc(CC)n3c2cc2occc23)cc1. The van der Waals surface area contributed by atoms with Gasteiger partial charge in [0, 0.05) is 24.2 Å². The third kappa shape index (κ3) is 4.20. The molecule has 3 heterocycles. The maximum absolute atomic E-state index is 13.0. The molecule has 8 nitrogen and oxygen atoms in total. The number of aromatic nitrogens is 3. The highest BCUT2D eigenvalue weighted by Crippen LogP contribution is 2.32. The molecular formula is C23H24N4O4S. The molecule has 0 aliphatic heterocycles. The Bertz CT molecular complexity index is 1260. The van der Waals surface area contributed by atoms with Crippen LogP contribution in [0.15, 0.2) is 52.1 Å². The monoisotopic (exact) mass is 452 g/mol. The third-order valence-corrected chi connectivity index (χ3v) is 6.40. The average molecular weight is 453 g/mol. The van der Waals surface area contributed by atoms with E-state index in [1.54, 1.807) is 37.5 Å². The van der Waals surface area contributed by atoms with Gasteiger partial charge in [-0.05, 0) is 37.6 Å². The maximum atomic E-state index is 13.0. The van der Waals surface area contributed by atoms with Crippen LogP contribution >= 0.6 is 11.8 Å². The Morgan fingerprint density at radius 1 is 1.12 bits per heavy atom. The van der Waals surface area contributed by atoms with Crippen LogP contribution in [-0.2, 0) is 16.0 Å². The number of benzene rings is 1. The number of nitrogens with one attached hydrogen (secondary N) is 1. The van der Waals surface area contributed by atoms with Gasteiger partial charge in [0.15, 0.2) is 5.58 Å². The number of fused-ring (bicyclic) bond motifs is 3. The van der Waals surface area contributed by atoms with Crippen molar-refractivity contribution in [3.8, 4) is 0 Å². The van der Waals surface area contributed by atoms with E-state index < -0.39 is 0 Å². The molecule has 0 radical (unpaired) electrons. The molecule has 1 atom stereocenters. The number of thioether (sulfide) groups is 1. The zero-order valence-electron chi connectivity index (χ0n) is 18.1. The molecule has 1 aromatic carbocycles. The number of carbonyl (C=O) groups is 2. The van der Waals surface area contributed by atoms with E-state index in [9.17, 15) is 9.59 Å². The number of carbonyl (C=O) groups excluding carboxylic acids is 2. The van der Waals surface area contributed by atoms with Gasteiger partial charge in [0.2, 0.25) is 5.91 Å². The van der Waals surface area contributed by atoms with Crippen LogP contribution in [0.3, 0.4) is 0 Å². The maximum Gasteiger partial charge on any atom is 0.338 e. The van der Waals surface area contributed by atoms with Crippen molar-refractivity contribution in [2.45, 2.75) is 43.9 Å². The van der Waals surface area contributed by atoms with Crippen LogP contribution in [0.2, 0.25) is 0 Å². The van der Waals surface area contributed by atoms with E-state index in [0.717, 1.165) is 28.9 Å². The van der Waals surface area contributed by atoms with Gasteiger partial charge in [-0.3, -0.25) is 9.20 Å². The van der Waals surface area contributed by atoms with Crippen molar-refractivity contribution >= 4 is 45.9 Å². The Morgan fingerprint density at radius 3 is 2.59 bits per heavy atom. The smallest absolute Gasteiger partial charge is 0.338 e. The summed E-state index contributed by atoms with van der Waals surface area (Å²) >= 11 is 1.38. The standard InChI is InChI=1S/C23H24N4O4S/c1-4-19(21(28)24-15-9-7-14(8-10-15)23(29)30-6-3)32-22-17-13-18-16(11-12-31-18)27(17)20(5-2)25-26-22/h7-13,19H,4-6H2,1-3H3,(H,24,28)/t19-/m1/s1. The largest absolute Gasteiger partial charge is 0.463 e. The summed E-state index contributed by atoms with van der Waals surface area (Å²) in [7, 11) is 0. The zero-order chi connectivity index (χ0) is 22.7. The summed E-state index contributed by atoms with van der Waals surface area (Å²) in [5, 5.41) is 12.0. The first-order valence-electron chi connectivity index (χ1n) is 10.5. The molecule has 1 amide bonds. The molecule has 4 aromatic rings. The van der Waals surface area contributed by atoms with Crippen LogP contribution in [0.4, 0.5) is 5.69 Å². The summed E-state index contributed by atoms with van der Waals surface area (Å²) in [6, 6.07) is 10.5. The lowest BCUT2D eigenvalue weighted by Gasteiger charge is -2.15. The van der Waals surface area contributed by atoms with Crippen molar-refractivity contribution < 1.29 is 18.7 Å². The number of nitrogens with zero attached hydrogens (tertiary/aromatic N) is 3. The molecule has 0 aliphatic rings. The predicted molar refractivity (Wildman–Crippen MR) is 123 cm³/mol. The highest BCUT2D eigenvalue weighted by atomic mass is 32.2. The topological polar surface area (TPSA) is 98.7 Å². The molecule has 1 N–H and O–H groups in total. The van der Waals surface area contributed by atoms with Gasteiger partial charge in [0.05, 0.1) is 34.7 Å². The van der Waals surface area contributed by atoms with Crippen LogP contribution < -0.4 is 5.32 Å². The first kappa shape index (κ1) is 21.9. The quantitative estimate of drug-likeness (QED) is 0.305. The molecule has 0 aliphatic carbocycles. The second kappa shape index (κ2) is 9.44. The molecule has 4 rings (SSSR count). The predicted octanol–water partition coefficient (Wildman–Crippen LogP) is 4.72. The second-order valence-electron chi connectivity index (χ2n) is 7.11. The van der Waals surface area contributed by atoms with E-state index in [-0.39, 0.29) is 17.1 Å². The van der Waals surface area contributed by atoms with E-state index >= 15 is 0 Å². The van der Waals surface area contributed by atoms with Crippen molar-refractivity contribution in [1.82, 2.24) is 14.6 Å². The lowest BCUT2D eigenvalue weighted by atomic mass is 10.2. The highest BCUT2D eigenvalue weighted by molar-refractivity contribution is 8.00. The van der Waals surface area contributed by atoms with Gasteiger partial charge in [0.25, 0.3) is 0 Å². The van der Waals surface area contributed by atoms with E-state index in [1.807, 2.05) is 30.4 Å². The second-order valence-corrected chi connectivity index (χ2v) is 8.30. The number of furan rings is 1. The molecule has 0 bridgehead atoms. The van der Waals surface area contributed by atoms with E-state index in [0.29, 0.717) is 29.3 Å². The van der Waals surface area contributed by atoms with Gasteiger partial charge in [-0.1, -0.05) is 25.6 Å². The number of hydrogen-bond donors (Lipinski definition) is 1. The van der Waals surface area contributed by atoms with Gasteiger partial charge in [0.1, 0.15) is 10.9 Å². The van der Waals surface area contributed by atoms with Crippen LogP contribution in [0.25, 0.3) is 16.6 Å². The van der Waals surface area contributed by atoms with Gasteiger partial charge < -0.3 is 14.5 Å². The summed E-state index contributed by atoms with van der Waals surface area (Å²) in [5.41, 5.74) is 3.63. The fourth-order valence-electron chi connectivity index (χ4n) is 3.46. The van der Waals surface area contributed by atoms with Gasteiger partial charge in [-0.2, -0.15) is 0 Å². The molecule has 0 saturated carbocycles. The van der Waals surface area contributed by atoms with Crippen molar-refractivity contribution in [2.75, 3.05) is 11.9 Å². The van der Waals surface area contributed by atoms with Crippen molar-refractivity contribution in [3.63, 3.8) is 0 Å². The van der Waals surface area contributed by atoms with Gasteiger partial charge >= 0.3 is 5.97 Å². The molecule has 0 spiro atoms. The van der Waals surface area contributed by atoms with Crippen LogP contribution in [0.5, 0.6) is 0 Å². The summed E-state index contributed by atoms with van der Waals surface area (Å²) in [6.45, 7) is 6.05. The number of hydrogen-bond acceptors (Lipinski definition) is 7. The molecular weight excluding hydrogens is 428 g/mol. The Balaban J connectivity index is 1.54. The van der Waals surface area contributed by atoms with E-state index in [4.69, 9.17) is 9.15 Å². The number of esters is 1. The van der Waals surface area contributed by atoms with Crippen LogP contribution in [0, 0.1) is 0 Å². The minimum atomic E-state index is -0.386. The number of amides is 1. The van der Waals surface area contributed by atoms with E-state index in [2.05, 4.69) is 15.5 Å². The van der Waals surface area contributed by atoms with Gasteiger partial charge in [-0.15, -0.1) is 10.2 Å². The number of anilines is 1. The fourth-order valence-corrected chi connectivity index (χ4v) is 4.42. The number of ether oxygens (including phenoxy) is 1. The minimum Gasteiger partial charge on any atom is -0.463 e. The Labute approximate surface area is 189 Å². The summed E-state index contributed by atoms with van der Waals surface area (Å²) in [4.78, 5) is 24.8. The summed E-state index contributed by atoms with van der Waals surface area (Å²) in [5.74, 6) is 0.305. The molecule has 9 heteroatoms. The Morgan fingerprint density at radius 2 is 1.91 bits per heavy atom. The van der Waals surface area contributed by atoms with E-state index in [1.165, 1.54) is 11.8 Å². The van der Waals surface area contributed by atoms with Crippen molar-refractivity contribution in [1.29, 1.82) is 0 Å². The first-order chi connectivity index (χ1) is 15.5. The zero-order valence-corrected chi connectivity index (χ0v) is 18.9. The van der Waals surface area contributed by atoms with Gasteiger partial charge in [-0.25, -0.2) is 4.79 Å². The lowest BCUT2D eigenvalue weighted by molar-refractivity contribution is -0.115. The van der Waals surface area contributed by atoms with Crippen LogP contribution in [-0.4, -0.2) is 38.3 Å². The first-order valence-corrected chi connectivity index (χ1v) is 11.4. The average Bonchev–Trinajstić information content (AvgIpc) is 3.40. The molecule has 3 aromatic heterocycles. The van der Waals surface area contributed by atoms with Crippen molar-refractivity contribution in [2.24, 2.45) is 0 Å². The van der Waals surface area contributed by atoms with Crippen LogP contribution in [0.1, 0.15) is 43.4 Å². The summed E-state index contributed by atoms with van der Waals surface area (Å²) < 4.78 is 12.6. The third-order valence-electron chi connectivity index (χ3n) is 5.05. The molecule has 166 valence electrons.